The van der Waals surface area contributed by atoms with Gasteiger partial charge in [-0.05, 0) is 24.6 Å². The van der Waals surface area contributed by atoms with Gasteiger partial charge in [0.1, 0.15) is 0 Å². The van der Waals surface area contributed by atoms with Gasteiger partial charge in [-0.2, -0.15) is 4.98 Å². The lowest BCUT2D eigenvalue weighted by molar-refractivity contribution is 0.425. The molecule has 4 nitrogen and oxygen atoms in total. The molecule has 19 heavy (non-hydrogen) atoms. The summed E-state index contributed by atoms with van der Waals surface area (Å²) in [6.45, 7) is 2.07. The number of rotatable bonds is 3. The fourth-order valence-electron chi connectivity index (χ4n) is 1.78. The molecule has 0 atom stereocenters. The third-order valence-corrected chi connectivity index (χ3v) is 3.69. The molecule has 2 heterocycles. The molecule has 0 unspecified atom stereocenters. The monoisotopic (exact) mass is 271 g/mol. The van der Waals surface area contributed by atoms with Crippen molar-refractivity contribution in [3.05, 3.63) is 53.3 Å². The Morgan fingerprint density at radius 2 is 1.95 bits per heavy atom. The zero-order valence-electron chi connectivity index (χ0n) is 10.5. The van der Waals surface area contributed by atoms with Crippen LogP contribution in [0.2, 0.25) is 0 Å². The average molecular weight is 271 g/mol. The summed E-state index contributed by atoms with van der Waals surface area (Å²) in [4.78, 5) is 5.29. The minimum atomic E-state index is 0.531. The zero-order valence-corrected chi connectivity index (χ0v) is 11.3. The van der Waals surface area contributed by atoms with E-state index in [1.165, 1.54) is 22.5 Å². The predicted molar refractivity (Wildman–Crippen MR) is 76.0 cm³/mol. The molecule has 2 N–H and O–H groups in total. The van der Waals surface area contributed by atoms with E-state index in [-0.39, 0.29) is 0 Å². The van der Waals surface area contributed by atoms with E-state index in [9.17, 15) is 0 Å². The third kappa shape index (κ3) is 2.66. The summed E-state index contributed by atoms with van der Waals surface area (Å²) < 4.78 is 5.25. The van der Waals surface area contributed by atoms with Gasteiger partial charge in [0.05, 0.1) is 9.88 Å². The van der Waals surface area contributed by atoms with Gasteiger partial charge in [-0.1, -0.05) is 35.0 Å². The fourth-order valence-corrected chi connectivity index (χ4v) is 2.48. The number of nitrogens with zero attached hydrogens (tertiary/aromatic N) is 2. The molecule has 0 radical (unpaired) electrons. The van der Waals surface area contributed by atoms with Crippen LogP contribution < -0.4 is 5.73 Å². The lowest BCUT2D eigenvalue weighted by Gasteiger charge is -1.96. The molecule has 0 bridgehead atoms. The first-order valence-electron chi connectivity index (χ1n) is 5.94. The number of hydrogen-bond donors (Lipinski definition) is 1. The van der Waals surface area contributed by atoms with Crippen molar-refractivity contribution in [3.8, 4) is 10.8 Å². The van der Waals surface area contributed by atoms with E-state index in [1.54, 1.807) is 0 Å². The number of hydrogen-bond acceptors (Lipinski definition) is 5. The van der Waals surface area contributed by atoms with Gasteiger partial charge in [0.15, 0.2) is 5.82 Å². The van der Waals surface area contributed by atoms with Gasteiger partial charge in [0.25, 0.3) is 5.89 Å². The number of benzene rings is 1. The Labute approximate surface area is 114 Å². The van der Waals surface area contributed by atoms with Gasteiger partial charge < -0.3 is 10.3 Å². The van der Waals surface area contributed by atoms with Crippen LogP contribution in [-0.4, -0.2) is 10.1 Å². The van der Waals surface area contributed by atoms with Crippen LogP contribution in [0.3, 0.4) is 0 Å². The van der Waals surface area contributed by atoms with Gasteiger partial charge in [0, 0.05) is 6.42 Å². The van der Waals surface area contributed by atoms with Crippen LogP contribution in [0.4, 0.5) is 5.00 Å². The van der Waals surface area contributed by atoms with Crippen LogP contribution in [-0.2, 0) is 6.42 Å². The summed E-state index contributed by atoms with van der Waals surface area (Å²) in [7, 11) is 0. The number of nitrogen functional groups attached to an aromatic ring is 1. The largest absolute Gasteiger partial charge is 0.391 e. The minimum absolute atomic E-state index is 0.531. The Balaban J connectivity index is 1.80. The summed E-state index contributed by atoms with van der Waals surface area (Å²) in [6, 6.07) is 12.0. The number of thiophene rings is 1. The van der Waals surface area contributed by atoms with Crippen molar-refractivity contribution in [1.82, 2.24) is 10.1 Å². The maximum Gasteiger partial charge on any atom is 0.268 e. The maximum absolute atomic E-state index is 5.69. The van der Waals surface area contributed by atoms with Crippen LogP contribution in [0.5, 0.6) is 0 Å². The Kier molecular flexibility index (Phi) is 3.05. The SMILES string of the molecule is Cc1ccc(Cc2noc(-c3ccc(N)s3)n2)cc1. The number of aromatic nitrogens is 2. The Morgan fingerprint density at radius 3 is 2.63 bits per heavy atom. The normalized spacial score (nSPS) is 10.8. The molecule has 0 aliphatic carbocycles. The molecule has 96 valence electrons. The molecule has 0 saturated carbocycles. The van der Waals surface area contributed by atoms with Crippen molar-refractivity contribution in [2.45, 2.75) is 13.3 Å². The van der Waals surface area contributed by atoms with E-state index in [0.717, 1.165) is 9.88 Å². The van der Waals surface area contributed by atoms with Crippen LogP contribution in [0, 0.1) is 6.92 Å². The van der Waals surface area contributed by atoms with Gasteiger partial charge in [0.2, 0.25) is 0 Å². The number of anilines is 1. The van der Waals surface area contributed by atoms with Gasteiger partial charge >= 0.3 is 0 Å². The first-order valence-corrected chi connectivity index (χ1v) is 6.76. The van der Waals surface area contributed by atoms with Crippen LogP contribution >= 0.6 is 11.3 Å². The van der Waals surface area contributed by atoms with E-state index in [2.05, 4.69) is 41.3 Å². The molecule has 1 aromatic carbocycles. The second kappa shape index (κ2) is 4.85. The number of nitrogens with two attached hydrogens (primary N) is 1. The molecule has 0 amide bonds. The van der Waals surface area contributed by atoms with Crippen molar-refractivity contribution in [3.63, 3.8) is 0 Å². The van der Waals surface area contributed by atoms with E-state index >= 15 is 0 Å². The smallest absolute Gasteiger partial charge is 0.268 e. The first kappa shape index (κ1) is 11.9. The standard InChI is InChI=1S/C14H13N3OS/c1-9-2-4-10(5-3-9)8-13-16-14(18-17-13)11-6-7-12(15)19-11/h2-7H,8,15H2,1H3. The number of aryl methyl sites for hydroxylation is 1. The molecule has 0 fully saturated rings. The van der Waals surface area contributed by atoms with Crippen molar-refractivity contribution >= 4 is 16.3 Å². The molecule has 5 heteroatoms. The molecule has 0 saturated heterocycles. The van der Waals surface area contributed by atoms with E-state index in [0.29, 0.717) is 18.1 Å². The van der Waals surface area contributed by atoms with Gasteiger partial charge in [-0.15, -0.1) is 11.3 Å². The molecule has 3 rings (SSSR count). The quantitative estimate of drug-likeness (QED) is 0.794. The van der Waals surface area contributed by atoms with Gasteiger partial charge in [-0.25, -0.2) is 0 Å². The van der Waals surface area contributed by atoms with Crippen molar-refractivity contribution in [1.29, 1.82) is 0 Å². The van der Waals surface area contributed by atoms with E-state index in [1.807, 2.05) is 12.1 Å². The highest BCUT2D eigenvalue weighted by molar-refractivity contribution is 7.19. The molecular formula is C14H13N3OS. The summed E-state index contributed by atoms with van der Waals surface area (Å²) in [5, 5.41) is 4.74. The van der Waals surface area contributed by atoms with E-state index < -0.39 is 0 Å². The van der Waals surface area contributed by atoms with Gasteiger partial charge in [-0.3, -0.25) is 0 Å². The van der Waals surface area contributed by atoms with Crippen molar-refractivity contribution in [2.75, 3.05) is 5.73 Å². The third-order valence-electron chi connectivity index (χ3n) is 2.79. The second-order valence-electron chi connectivity index (χ2n) is 4.38. The highest BCUT2D eigenvalue weighted by atomic mass is 32.1. The maximum atomic E-state index is 5.69. The molecule has 3 aromatic rings. The highest BCUT2D eigenvalue weighted by Gasteiger charge is 2.11. The first-order chi connectivity index (χ1) is 9.20. The summed E-state index contributed by atoms with van der Waals surface area (Å²) in [5.41, 5.74) is 8.10. The Bertz CT molecular complexity index is 685. The molecule has 2 aromatic heterocycles. The van der Waals surface area contributed by atoms with E-state index in [4.69, 9.17) is 10.3 Å². The summed E-state index contributed by atoms with van der Waals surface area (Å²) >= 11 is 1.44. The molecule has 0 aliphatic heterocycles. The summed E-state index contributed by atoms with van der Waals surface area (Å²) in [6.07, 6.45) is 0.671. The van der Waals surface area contributed by atoms with Crippen molar-refractivity contribution < 1.29 is 4.52 Å². The van der Waals surface area contributed by atoms with Crippen LogP contribution in [0.15, 0.2) is 40.9 Å². The van der Waals surface area contributed by atoms with Crippen molar-refractivity contribution in [2.24, 2.45) is 0 Å². The predicted octanol–water partition coefficient (Wildman–Crippen LogP) is 3.28. The lowest BCUT2D eigenvalue weighted by atomic mass is 10.1. The topological polar surface area (TPSA) is 64.9 Å². The Morgan fingerprint density at radius 1 is 1.16 bits per heavy atom. The second-order valence-corrected chi connectivity index (χ2v) is 5.50. The zero-order chi connectivity index (χ0) is 13.2. The highest BCUT2D eigenvalue weighted by Crippen LogP contribution is 2.28. The molecule has 0 aliphatic rings. The lowest BCUT2D eigenvalue weighted by Crippen LogP contribution is -1.90. The molecule has 0 spiro atoms. The minimum Gasteiger partial charge on any atom is -0.391 e. The fraction of sp³-hybridized carbons (Fsp3) is 0.143. The molecular weight excluding hydrogens is 258 g/mol. The Hall–Kier alpha value is -2.14. The van der Waals surface area contributed by atoms with Crippen LogP contribution in [0.1, 0.15) is 17.0 Å². The summed E-state index contributed by atoms with van der Waals surface area (Å²) in [5.74, 6) is 1.22. The van der Waals surface area contributed by atoms with Crippen LogP contribution in [0.25, 0.3) is 10.8 Å². The average Bonchev–Trinajstić information content (AvgIpc) is 3.01.